The fourth-order valence-corrected chi connectivity index (χ4v) is 4.04. The summed E-state index contributed by atoms with van der Waals surface area (Å²) < 4.78 is 0. The zero-order chi connectivity index (χ0) is 21.8. The second-order valence-electron chi connectivity index (χ2n) is 7.46. The molecule has 1 heterocycles. The predicted octanol–water partition coefficient (Wildman–Crippen LogP) is 6.44. The smallest absolute Gasteiger partial charge is 0.0975 e. The first-order chi connectivity index (χ1) is 15.1. The molecule has 4 nitrogen and oxygen atoms in total. The molecule has 3 aromatic rings. The summed E-state index contributed by atoms with van der Waals surface area (Å²) in [4.78, 5) is 2.19. The molecule has 4 rings (SSSR count). The van der Waals surface area contributed by atoms with Crippen molar-refractivity contribution < 1.29 is 0 Å². The van der Waals surface area contributed by atoms with Crippen molar-refractivity contribution in [1.82, 2.24) is 5.32 Å². The molecule has 0 amide bonds. The van der Waals surface area contributed by atoms with Gasteiger partial charge in [-0.25, -0.2) is 0 Å². The number of nitrogens with zero attached hydrogens (tertiary/aromatic N) is 3. The van der Waals surface area contributed by atoms with Crippen LogP contribution in [0.5, 0.6) is 0 Å². The molecule has 0 atom stereocenters. The lowest BCUT2D eigenvalue weighted by atomic mass is 9.81. The van der Waals surface area contributed by atoms with E-state index in [9.17, 15) is 10.5 Å². The van der Waals surface area contributed by atoms with E-state index in [-0.39, 0.29) is 5.92 Å². The number of para-hydroxylation sites is 2. The van der Waals surface area contributed by atoms with Gasteiger partial charge in [-0.1, -0.05) is 48.5 Å². The molecule has 0 unspecified atom stereocenters. The predicted molar refractivity (Wildman–Crippen MR) is 124 cm³/mol. The standard InChI is InChI=1S/C27H22N4/c1-19-25(17-28)27(26(18-29)20(2)30-19)21-13-15-24(16-14-21)31(22-9-5-3-6-10-22)23-11-7-4-8-12-23/h3-16,27,30H,1-2H3. The monoisotopic (exact) mass is 402 g/mol. The van der Waals surface area contributed by atoms with Crippen molar-refractivity contribution in [2.24, 2.45) is 0 Å². The van der Waals surface area contributed by atoms with Crippen LogP contribution in [0.25, 0.3) is 0 Å². The summed E-state index contributed by atoms with van der Waals surface area (Å²) in [6.07, 6.45) is 0. The summed E-state index contributed by atoms with van der Waals surface area (Å²) >= 11 is 0. The number of nitrogens with one attached hydrogen (secondary N) is 1. The second kappa shape index (κ2) is 8.61. The molecule has 3 aromatic carbocycles. The Morgan fingerprint density at radius 3 is 1.48 bits per heavy atom. The summed E-state index contributed by atoms with van der Waals surface area (Å²) in [5.41, 5.74) is 6.81. The van der Waals surface area contributed by atoms with Crippen LogP contribution < -0.4 is 10.2 Å². The lowest BCUT2D eigenvalue weighted by Crippen LogP contribution is -2.23. The molecule has 1 aliphatic rings. The summed E-state index contributed by atoms with van der Waals surface area (Å²) in [7, 11) is 0. The Labute approximate surface area is 183 Å². The van der Waals surface area contributed by atoms with E-state index >= 15 is 0 Å². The third kappa shape index (κ3) is 3.80. The first-order valence-electron chi connectivity index (χ1n) is 10.1. The SMILES string of the molecule is CC1=C(C#N)C(c2ccc(N(c3ccccc3)c3ccccc3)cc2)C(C#N)=C(C)N1. The molecule has 0 bridgehead atoms. The molecule has 0 aliphatic carbocycles. The van der Waals surface area contributed by atoms with Gasteiger partial charge in [-0.2, -0.15) is 10.5 Å². The van der Waals surface area contributed by atoms with Gasteiger partial charge in [-0.15, -0.1) is 0 Å². The van der Waals surface area contributed by atoms with Crippen LogP contribution >= 0.6 is 0 Å². The van der Waals surface area contributed by atoms with E-state index in [1.165, 1.54) is 0 Å². The number of hydrogen-bond donors (Lipinski definition) is 1. The maximum absolute atomic E-state index is 9.74. The zero-order valence-electron chi connectivity index (χ0n) is 17.5. The van der Waals surface area contributed by atoms with E-state index < -0.39 is 0 Å². The topological polar surface area (TPSA) is 62.9 Å². The molecule has 0 aromatic heterocycles. The molecule has 1 aliphatic heterocycles. The Hall–Kier alpha value is -4.28. The lowest BCUT2D eigenvalue weighted by molar-refractivity contribution is 0.814. The lowest BCUT2D eigenvalue weighted by Gasteiger charge is -2.28. The van der Waals surface area contributed by atoms with Gasteiger partial charge in [-0.3, -0.25) is 0 Å². The van der Waals surface area contributed by atoms with Crippen LogP contribution in [0.3, 0.4) is 0 Å². The Morgan fingerprint density at radius 1 is 0.645 bits per heavy atom. The number of anilines is 3. The molecular weight excluding hydrogens is 380 g/mol. The molecule has 1 N–H and O–H groups in total. The molecule has 0 saturated carbocycles. The fraction of sp³-hybridized carbons (Fsp3) is 0.111. The van der Waals surface area contributed by atoms with Crippen molar-refractivity contribution in [2.45, 2.75) is 19.8 Å². The van der Waals surface area contributed by atoms with Gasteiger partial charge in [0.25, 0.3) is 0 Å². The minimum atomic E-state index is -0.354. The van der Waals surface area contributed by atoms with Crippen molar-refractivity contribution in [3.05, 3.63) is 113 Å². The van der Waals surface area contributed by atoms with Crippen molar-refractivity contribution in [3.8, 4) is 12.1 Å². The quantitative estimate of drug-likeness (QED) is 0.545. The molecule has 0 saturated heterocycles. The normalized spacial score (nSPS) is 13.9. The van der Waals surface area contributed by atoms with Gasteiger partial charge in [0, 0.05) is 28.5 Å². The summed E-state index contributed by atoms with van der Waals surface area (Å²) in [6, 6.07) is 33.1. The number of hydrogen-bond acceptors (Lipinski definition) is 4. The minimum absolute atomic E-state index is 0.354. The van der Waals surface area contributed by atoms with Gasteiger partial charge in [0.1, 0.15) is 0 Å². The van der Waals surface area contributed by atoms with Gasteiger partial charge in [0.2, 0.25) is 0 Å². The van der Waals surface area contributed by atoms with Crippen molar-refractivity contribution in [2.75, 3.05) is 4.90 Å². The largest absolute Gasteiger partial charge is 0.361 e. The second-order valence-corrected chi connectivity index (χ2v) is 7.46. The van der Waals surface area contributed by atoms with Crippen molar-refractivity contribution in [3.63, 3.8) is 0 Å². The van der Waals surface area contributed by atoms with E-state index in [0.29, 0.717) is 11.1 Å². The molecule has 4 heteroatoms. The Morgan fingerprint density at radius 2 is 1.06 bits per heavy atom. The van der Waals surface area contributed by atoms with Crippen LogP contribution in [0.4, 0.5) is 17.1 Å². The number of dihydropyridines is 1. The summed E-state index contributed by atoms with van der Waals surface area (Å²) in [5.74, 6) is -0.354. The van der Waals surface area contributed by atoms with Crippen LogP contribution in [0.2, 0.25) is 0 Å². The Kier molecular flexibility index (Phi) is 5.56. The molecule has 31 heavy (non-hydrogen) atoms. The summed E-state index contributed by atoms with van der Waals surface area (Å²) in [5, 5.41) is 22.6. The number of benzene rings is 3. The molecule has 0 fully saturated rings. The summed E-state index contributed by atoms with van der Waals surface area (Å²) in [6.45, 7) is 3.76. The van der Waals surface area contributed by atoms with E-state index in [4.69, 9.17) is 0 Å². The van der Waals surface area contributed by atoms with E-state index in [1.807, 2.05) is 74.5 Å². The van der Waals surface area contributed by atoms with Crippen LogP contribution in [0.15, 0.2) is 107 Å². The first-order valence-corrected chi connectivity index (χ1v) is 10.1. The van der Waals surface area contributed by atoms with Gasteiger partial charge in [0.15, 0.2) is 0 Å². The van der Waals surface area contributed by atoms with Crippen LogP contribution in [-0.2, 0) is 0 Å². The molecule has 0 spiro atoms. The highest BCUT2D eigenvalue weighted by molar-refractivity contribution is 5.76. The minimum Gasteiger partial charge on any atom is -0.361 e. The van der Waals surface area contributed by atoms with Gasteiger partial charge >= 0.3 is 0 Å². The molecule has 150 valence electrons. The van der Waals surface area contributed by atoms with E-state index in [2.05, 4.69) is 46.6 Å². The third-order valence-electron chi connectivity index (χ3n) is 5.51. The molecular formula is C27H22N4. The number of allylic oxidation sites excluding steroid dienone is 4. The van der Waals surface area contributed by atoms with Gasteiger partial charge in [0.05, 0.1) is 29.2 Å². The average Bonchev–Trinajstić information content (AvgIpc) is 2.81. The highest BCUT2D eigenvalue weighted by atomic mass is 15.1. The Bertz CT molecular complexity index is 1150. The maximum Gasteiger partial charge on any atom is 0.0975 e. The van der Waals surface area contributed by atoms with E-state index in [1.54, 1.807) is 0 Å². The Balaban J connectivity index is 1.79. The highest BCUT2D eigenvalue weighted by Crippen LogP contribution is 2.39. The van der Waals surface area contributed by atoms with Gasteiger partial charge < -0.3 is 10.2 Å². The van der Waals surface area contributed by atoms with Gasteiger partial charge in [-0.05, 0) is 55.8 Å². The maximum atomic E-state index is 9.74. The van der Waals surface area contributed by atoms with Crippen molar-refractivity contribution >= 4 is 17.1 Å². The number of rotatable bonds is 4. The molecule has 0 radical (unpaired) electrons. The highest BCUT2D eigenvalue weighted by Gasteiger charge is 2.29. The average molecular weight is 403 g/mol. The zero-order valence-corrected chi connectivity index (χ0v) is 17.5. The van der Waals surface area contributed by atoms with Crippen LogP contribution in [0.1, 0.15) is 25.3 Å². The van der Waals surface area contributed by atoms with Crippen molar-refractivity contribution in [1.29, 1.82) is 10.5 Å². The fourth-order valence-electron chi connectivity index (χ4n) is 4.04. The first kappa shape index (κ1) is 20.0. The van der Waals surface area contributed by atoms with Crippen LogP contribution in [0, 0.1) is 22.7 Å². The van der Waals surface area contributed by atoms with E-state index in [0.717, 1.165) is 34.0 Å². The van der Waals surface area contributed by atoms with Crippen LogP contribution in [-0.4, -0.2) is 0 Å². The third-order valence-corrected chi connectivity index (χ3v) is 5.51. The number of nitriles is 2.